The Kier molecular flexibility index (Phi) is 5.02. The standard InChI is InChI=1S/C23H17N/c24-18-23-9-5-4-8-22(23)17-16-21-14-12-20(13-15-21)11-10-19-6-2-1-3-7-19/h1-17H/b11-10+,17-16+. The molecule has 1 heteroatoms. The average molecular weight is 307 g/mol. The van der Waals surface area contributed by atoms with Crippen LogP contribution in [0.3, 0.4) is 0 Å². The van der Waals surface area contributed by atoms with Gasteiger partial charge in [0.25, 0.3) is 0 Å². The molecule has 3 rings (SSSR count). The van der Waals surface area contributed by atoms with Gasteiger partial charge in [0.15, 0.2) is 0 Å². The summed E-state index contributed by atoms with van der Waals surface area (Å²) in [6.45, 7) is 0. The molecule has 0 aliphatic heterocycles. The lowest BCUT2D eigenvalue weighted by Crippen LogP contribution is -1.80. The molecule has 0 saturated carbocycles. The molecule has 0 aromatic heterocycles. The van der Waals surface area contributed by atoms with Crippen LogP contribution in [0.5, 0.6) is 0 Å². The Morgan fingerprint density at radius 2 is 1.04 bits per heavy atom. The van der Waals surface area contributed by atoms with E-state index in [-0.39, 0.29) is 0 Å². The number of hydrogen-bond donors (Lipinski definition) is 0. The van der Waals surface area contributed by atoms with Gasteiger partial charge in [0, 0.05) is 0 Å². The van der Waals surface area contributed by atoms with E-state index >= 15 is 0 Å². The van der Waals surface area contributed by atoms with Gasteiger partial charge in [0.2, 0.25) is 0 Å². The van der Waals surface area contributed by atoms with Gasteiger partial charge in [-0.3, -0.25) is 0 Å². The second kappa shape index (κ2) is 7.76. The van der Waals surface area contributed by atoms with Gasteiger partial charge in [-0.25, -0.2) is 0 Å². The van der Waals surface area contributed by atoms with Crippen molar-refractivity contribution in [2.24, 2.45) is 0 Å². The van der Waals surface area contributed by atoms with Crippen LogP contribution in [0.4, 0.5) is 0 Å². The fourth-order valence-electron chi connectivity index (χ4n) is 2.40. The van der Waals surface area contributed by atoms with Gasteiger partial charge in [0.1, 0.15) is 0 Å². The Labute approximate surface area is 142 Å². The third-order valence-electron chi connectivity index (χ3n) is 3.74. The van der Waals surface area contributed by atoms with E-state index in [2.05, 4.69) is 54.6 Å². The molecule has 0 amide bonds. The van der Waals surface area contributed by atoms with Crippen molar-refractivity contribution in [1.82, 2.24) is 0 Å². The van der Waals surface area contributed by atoms with Crippen LogP contribution < -0.4 is 0 Å². The third-order valence-corrected chi connectivity index (χ3v) is 3.74. The van der Waals surface area contributed by atoms with Gasteiger partial charge in [-0.1, -0.05) is 97.1 Å². The predicted molar refractivity (Wildman–Crippen MR) is 102 cm³/mol. The first-order valence-electron chi connectivity index (χ1n) is 7.85. The molecule has 0 N–H and O–H groups in total. The van der Waals surface area contributed by atoms with E-state index in [4.69, 9.17) is 5.26 Å². The molecule has 1 nitrogen and oxygen atoms in total. The highest BCUT2D eigenvalue weighted by molar-refractivity contribution is 5.74. The van der Waals surface area contributed by atoms with Crippen LogP contribution in [-0.4, -0.2) is 0 Å². The second-order valence-electron chi connectivity index (χ2n) is 5.44. The molecule has 0 aliphatic carbocycles. The lowest BCUT2D eigenvalue weighted by molar-refractivity contribution is 1.47. The molecule has 0 atom stereocenters. The van der Waals surface area contributed by atoms with Crippen molar-refractivity contribution in [2.75, 3.05) is 0 Å². The van der Waals surface area contributed by atoms with Gasteiger partial charge in [-0.15, -0.1) is 0 Å². The molecule has 0 spiro atoms. The van der Waals surface area contributed by atoms with E-state index < -0.39 is 0 Å². The molecule has 114 valence electrons. The maximum Gasteiger partial charge on any atom is 0.0997 e. The van der Waals surface area contributed by atoms with E-state index in [1.807, 2.05) is 54.6 Å². The molecule has 3 aromatic carbocycles. The third kappa shape index (κ3) is 4.09. The summed E-state index contributed by atoms with van der Waals surface area (Å²) in [6, 6.07) is 28.4. The summed E-state index contributed by atoms with van der Waals surface area (Å²) >= 11 is 0. The molecule has 0 saturated heterocycles. The van der Waals surface area contributed by atoms with E-state index in [0.29, 0.717) is 5.56 Å². The van der Waals surface area contributed by atoms with Gasteiger partial charge in [-0.05, 0) is 28.3 Å². The molecule has 24 heavy (non-hydrogen) atoms. The molecule has 0 heterocycles. The van der Waals surface area contributed by atoms with Gasteiger partial charge in [-0.2, -0.15) is 5.26 Å². The molecule has 3 aromatic rings. The largest absolute Gasteiger partial charge is 0.192 e. The van der Waals surface area contributed by atoms with Crippen molar-refractivity contribution in [3.05, 3.63) is 107 Å². The summed E-state index contributed by atoms with van der Waals surface area (Å²) in [4.78, 5) is 0. The predicted octanol–water partition coefficient (Wildman–Crippen LogP) is 5.90. The highest BCUT2D eigenvalue weighted by Gasteiger charge is 1.96. The van der Waals surface area contributed by atoms with Crippen LogP contribution in [0.1, 0.15) is 27.8 Å². The summed E-state index contributed by atoms with van der Waals surface area (Å²) < 4.78 is 0. The van der Waals surface area contributed by atoms with E-state index in [1.165, 1.54) is 5.56 Å². The summed E-state index contributed by atoms with van der Waals surface area (Å²) in [7, 11) is 0. The van der Waals surface area contributed by atoms with Crippen LogP contribution in [0.25, 0.3) is 24.3 Å². The number of benzene rings is 3. The fraction of sp³-hybridized carbons (Fsp3) is 0. The maximum atomic E-state index is 9.11. The van der Waals surface area contributed by atoms with Crippen molar-refractivity contribution in [3.8, 4) is 6.07 Å². The fourth-order valence-corrected chi connectivity index (χ4v) is 2.40. The molecule has 0 bridgehead atoms. The van der Waals surface area contributed by atoms with Crippen molar-refractivity contribution < 1.29 is 0 Å². The zero-order valence-corrected chi connectivity index (χ0v) is 13.3. The van der Waals surface area contributed by atoms with Crippen LogP contribution in [-0.2, 0) is 0 Å². The van der Waals surface area contributed by atoms with Crippen molar-refractivity contribution >= 4 is 24.3 Å². The minimum atomic E-state index is 0.691. The van der Waals surface area contributed by atoms with Crippen LogP contribution in [0.15, 0.2) is 78.9 Å². The first-order chi connectivity index (χ1) is 11.8. The minimum absolute atomic E-state index is 0.691. The average Bonchev–Trinajstić information content (AvgIpc) is 2.66. The molecule has 0 unspecified atom stereocenters. The number of nitrogens with zero attached hydrogens (tertiary/aromatic N) is 1. The zero-order valence-electron chi connectivity index (χ0n) is 13.3. The zero-order chi connectivity index (χ0) is 16.6. The maximum absolute atomic E-state index is 9.11. The normalized spacial score (nSPS) is 11.0. The molecular formula is C23H17N. The van der Waals surface area contributed by atoms with Crippen molar-refractivity contribution in [1.29, 1.82) is 5.26 Å². The molecule has 0 radical (unpaired) electrons. The Morgan fingerprint density at radius 1 is 0.542 bits per heavy atom. The lowest BCUT2D eigenvalue weighted by Gasteiger charge is -1.98. The molecular weight excluding hydrogens is 290 g/mol. The quantitative estimate of drug-likeness (QED) is 0.550. The Balaban J connectivity index is 1.72. The first kappa shape index (κ1) is 15.5. The smallest absolute Gasteiger partial charge is 0.0997 e. The van der Waals surface area contributed by atoms with Crippen LogP contribution in [0, 0.1) is 11.3 Å². The van der Waals surface area contributed by atoms with E-state index in [9.17, 15) is 0 Å². The first-order valence-corrected chi connectivity index (χ1v) is 7.85. The number of hydrogen-bond acceptors (Lipinski definition) is 1. The van der Waals surface area contributed by atoms with Gasteiger partial charge in [0.05, 0.1) is 11.6 Å². The summed E-state index contributed by atoms with van der Waals surface area (Å²) in [5.41, 5.74) is 5.09. The Bertz CT molecular complexity index is 895. The van der Waals surface area contributed by atoms with E-state index in [0.717, 1.165) is 16.7 Å². The monoisotopic (exact) mass is 307 g/mol. The second-order valence-corrected chi connectivity index (χ2v) is 5.44. The van der Waals surface area contributed by atoms with Crippen LogP contribution in [0.2, 0.25) is 0 Å². The molecule has 0 aliphatic rings. The summed E-state index contributed by atoms with van der Waals surface area (Å²) in [6.07, 6.45) is 8.22. The van der Waals surface area contributed by atoms with Crippen LogP contribution >= 0.6 is 0 Å². The Hall–Kier alpha value is -3.37. The van der Waals surface area contributed by atoms with Gasteiger partial charge < -0.3 is 0 Å². The summed E-state index contributed by atoms with van der Waals surface area (Å²) in [5.74, 6) is 0. The highest BCUT2D eigenvalue weighted by atomic mass is 14.2. The molecule has 0 fully saturated rings. The van der Waals surface area contributed by atoms with Gasteiger partial charge >= 0.3 is 0 Å². The topological polar surface area (TPSA) is 23.8 Å². The number of nitriles is 1. The van der Waals surface area contributed by atoms with Crippen molar-refractivity contribution in [3.63, 3.8) is 0 Å². The number of rotatable bonds is 4. The Morgan fingerprint density at radius 3 is 1.67 bits per heavy atom. The van der Waals surface area contributed by atoms with Crippen molar-refractivity contribution in [2.45, 2.75) is 0 Å². The summed E-state index contributed by atoms with van der Waals surface area (Å²) in [5, 5.41) is 9.11. The lowest BCUT2D eigenvalue weighted by atomic mass is 10.1. The highest BCUT2D eigenvalue weighted by Crippen LogP contribution is 2.14. The van der Waals surface area contributed by atoms with E-state index in [1.54, 1.807) is 0 Å². The minimum Gasteiger partial charge on any atom is -0.192 e. The SMILES string of the molecule is N#Cc1ccccc1/C=C/c1ccc(/C=C/c2ccccc2)cc1.